The van der Waals surface area contributed by atoms with Gasteiger partial charge in [-0.05, 0) is 24.5 Å². The second kappa shape index (κ2) is 4.30. The maximum atomic E-state index is 6.34. The van der Waals surface area contributed by atoms with Crippen LogP contribution in [0.25, 0.3) is 10.9 Å². The van der Waals surface area contributed by atoms with Crippen LogP contribution in [0.3, 0.4) is 0 Å². The van der Waals surface area contributed by atoms with Gasteiger partial charge in [0.2, 0.25) is 0 Å². The Hall–Kier alpha value is -1.28. The lowest BCUT2D eigenvalue weighted by atomic mass is 9.91. The minimum atomic E-state index is 0.126. The molecule has 0 saturated heterocycles. The van der Waals surface area contributed by atoms with E-state index in [9.17, 15) is 0 Å². The second-order valence-electron chi connectivity index (χ2n) is 4.62. The molecule has 2 atom stereocenters. The number of hydrogen-bond acceptors (Lipinski definition) is 1. The van der Waals surface area contributed by atoms with Gasteiger partial charge < -0.3 is 10.7 Å². The van der Waals surface area contributed by atoms with Gasteiger partial charge in [0.05, 0.1) is 0 Å². The average Bonchev–Trinajstić information content (AvgIpc) is 2.63. The Balaban J connectivity index is 2.54. The smallest absolute Gasteiger partial charge is 0.0459 e. The maximum absolute atomic E-state index is 6.34. The number of fused-ring (bicyclic) bond motifs is 1. The van der Waals surface area contributed by atoms with Gasteiger partial charge in [-0.25, -0.2) is 0 Å². The SMILES string of the molecule is CCC(C)[C@H](N)c1c(C)[nH]c2ccccc12. The number of hydrogen-bond donors (Lipinski definition) is 2. The predicted molar refractivity (Wildman–Crippen MR) is 69.4 cm³/mol. The van der Waals surface area contributed by atoms with Gasteiger partial charge in [0.15, 0.2) is 0 Å². The predicted octanol–water partition coefficient (Wildman–Crippen LogP) is 3.52. The fraction of sp³-hybridized carbons (Fsp3) is 0.429. The van der Waals surface area contributed by atoms with Crippen molar-refractivity contribution < 1.29 is 0 Å². The number of rotatable bonds is 3. The number of H-pyrrole nitrogens is 1. The van der Waals surface area contributed by atoms with Gasteiger partial charge in [-0.1, -0.05) is 38.5 Å². The van der Waals surface area contributed by atoms with Crippen molar-refractivity contribution in [2.75, 3.05) is 0 Å². The third-order valence-electron chi connectivity index (χ3n) is 3.53. The number of nitrogens with two attached hydrogens (primary N) is 1. The van der Waals surface area contributed by atoms with Crippen LogP contribution in [0.2, 0.25) is 0 Å². The van der Waals surface area contributed by atoms with Gasteiger partial charge in [-0.3, -0.25) is 0 Å². The van der Waals surface area contributed by atoms with Gasteiger partial charge in [0, 0.05) is 22.6 Å². The molecule has 0 radical (unpaired) electrons. The molecule has 86 valence electrons. The molecule has 2 rings (SSSR count). The van der Waals surface area contributed by atoms with E-state index < -0.39 is 0 Å². The molecule has 2 heteroatoms. The number of aromatic amines is 1. The molecule has 1 aromatic heterocycles. The second-order valence-corrected chi connectivity index (χ2v) is 4.62. The number of nitrogens with one attached hydrogen (secondary N) is 1. The van der Waals surface area contributed by atoms with Crippen molar-refractivity contribution >= 4 is 10.9 Å². The van der Waals surface area contributed by atoms with Crippen LogP contribution in [0.4, 0.5) is 0 Å². The lowest BCUT2D eigenvalue weighted by Gasteiger charge is -2.19. The van der Waals surface area contributed by atoms with E-state index in [-0.39, 0.29) is 6.04 Å². The Labute approximate surface area is 96.9 Å². The Morgan fingerprint density at radius 1 is 1.31 bits per heavy atom. The average molecular weight is 216 g/mol. The monoisotopic (exact) mass is 216 g/mol. The van der Waals surface area contributed by atoms with Crippen LogP contribution in [-0.2, 0) is 0 Å². The highest BCUT2D eigenvalue weighted by atomic mass is 14.7. The first-order chi connectivity index (χ1) is 7.65. The summed E-state index contributed by atoms with van der Waals surface area (Å²) in [5.74, 6) is 0.512. The summed E-state index contributed by atoms with van der Waals surface area (Å²) in [6.45, 7) is 6.51. The van der Waals surface area contributed by atoms with Crippen LogP contribution < -0.4 is 5.73 Å². The topological polar surface area (TPSA) is 41.8 Å². The fourth-order valence-corrected chi connectivity index (χ4v) is 2.27. The molecule has 0 bridgehead atoms. The molecular formula is C14H20N2. The summed E-state index contributed by atoms with van der Waals surface area (Å²) in [4.78, 5) is 3.41. The minimum Gasteiger partial charge on any atom is -0.358 e. The van der Waals surface area contributed by atoms with Crippen molar-refractivity contribution in [2.24, 2.45) is 11.7 Å². The summed E-state index contributed by atoms with van der Waals surface area (Å²) in [6.07, 6.45) is 1.11. The Bertz CT molecular complexity index is 484. The van der Waals surface area contributed by atoms with Gasteiger partial charge in [-0.15, -0.1) is 0 Å². The molecule has 0 aliphatic rings. The highest BCUT2D eigenvalue weighted by Gasteiger charge is 2.19. The van der Waals surface area contributed by atoms with Gasteiger partial charge in [0.25, 0.3) is 0 Å². The van der Waals surface area contributed by atoms with Crippen molar-refractivity contribution in [1.29, 1.82) is 0 Å². The highest BCUT2D eigenvalue weighted by molar-refractivity contribution is 5.85. The van der Waals surface area contributed by atoms with E-state index >= 15 is 0 Å². The molecule has 2 aromatic rings. The summed E-state index contributed by atoms with van der Waals surface area (Å²) in [6, 6.07) is 8.51. The van der Waals surface area contributed by atoms with Crippen LogP contribution in [0.1, 0.15) is 37.6 Å². The molecule has 0 saturated carbocycles. The summed E-state index contributed by atoms with van der Waals surface area (Å²) in [5, 5.41) is 1.27. The molecule has 16 heavy (non-hydrogen) atoms. The third-order valence-corrected chi connectivity index (χ3v) is 3.53. The maximum Gasteiger partial charge on any atom is 0.0459 e. The zero-order valence-corrected chi connectivity index (χ0v) is 10.2. The number of aromatic nitrogens is 1. The molecule has 1 heterocycles. The third kappa shape index (κ3) is 1.74. The molecule has 0 amide bonds. The fourth-order valence-electron chi connectivity index (χ4n) is 2.27. The molecular weight excluding hydrogens is 196 g/mol. The highest BCUT2D eigenvalue weighted by Crippen LogP contribution is 2.31. The van der Waals surface area contributed by atoms with E-state index in [1.807, 2.05) is 0 Å². The summed E-state index contributed by atoms with van der Waals surface area (Å²) >= 11 is 0. The first-order valence-corrected chi connectivity index (χ1v) is 5.98. The lowest BCUT2D eigenvalue weighted by Crippen LogP contribution is -2.19. The van der Waals surface area contributed by atoms with Gasteiger partial charge >= 0.3 is 0 Å². The van der Waals surface area contributed by atoms with Crippen LogP contribution >= 0.6 is 0 Å². The van der Waals surface area contributed by atoms with Crippen LogP contribution in [0.5, 0.6) is 0 Å². The van der Waals surface area contributed by atoms with Crippen molar-refractivity contribution in [3.8, 4) is 0 Å². The van der Waals surface area contributed by atoms with E-state index in [1.54, 1.807) is 0 Å². The minimum absolute atomic E-state index is 0.126. The summed E-state index contributed by atoms with van der Waals surface area (Å²) in [7, 11) is 0. The first kappa shape index (κ1) is 11.2. The molecule has 0 aliphatic carbocycles. The number of aryl methyl sites for hydroxylation is 1. The Morgan fingerprint density at radius 2 is 2.00 bits per heavy atom. The Kier molecular flexibility index (Phi) is 3.01. The van der Waals surface area contributed by atoms with E-state index in [2.05, 4.69) is 50.0 Å². The zero-order valence-electron chi connectivity index (χ0n) is 10.2. The van der Waals surface area contributed by atoms with E-state index in [0.717, 1.165) is 6.42 Å². The van der Waals surface area contributed by atoms with Gasteiger partial charge in [-0.2, -0.15) is 0 Å². The summed E-state index contributed by atoms with van der Waals surface area (Å²) in [5.41, 5.74) is 10.0. The molecule has 0 fully saturated rings. The standard InChI is InChI=1S/C14H20N2/c1-4-9(2)14(15)13-10(3)16-12-8-6-5-7-11(12)13/h5-9,14,16H,4,15H2,1-3H3/t9?,14-/m0/s1. The molecule has 1 aromatic carbocycles. The van der Waals surface area contributed by atoms with E-state index in [0.29, 0.717) is 5.92 Å². The lowest BCUT2D eigenvalue weighted by molar-refractivity contribution is 0.457. The van der Waals surface area contributed by atoms with Crippen LogP contribution in [0.15, 0.2) is 24.3 Å². The normalized spacial score (nSPS) is 15.2. The quantitative estimate of drug-likeness (QED) is 0.809. The molecule has 0 aliphatic heterocycles. The molecule has 1 unspecified atom stereocenters. The largest absolute Gasteiger partial charge is 0.358 e. The van der Waals surface area contributed by atoms with Crippen LogP contribution in [0, 0.1) is 12.8 Å². The van der Waals surface area contributed by atoms with Crippen molar-refractivity contribution in [3.63, 3.8) is 0 Å². The zero-order chi connectivity index (χ0) is 11.7. The van der Waals surface area contributed by atoms with E-state index in [4.69, 9.17) is 5.73 Å². The summed E-state index contributed by atoms with van der Waals surface area (Å²) < 4.78 is 0. The first-order valence-electron chi connectivity index (χ1n) is 5.98. The number of para-hydroxylation sites is 1. The number of benzene rings is 1. The van der Waals surface area contributed by atoms with Crippen molar-refractivity contribution in [2.45, 2.75) is 33.2 Å². The van der Waals surface area contributed by atoms with Crippen LogP contribution in [-0.4, -0.2) is 4.98 Å². The molecule has 3 N–H and O–H groups in total. The van der Waals surface area contributed by atoms with E-state index in [1.165, 1.54) is 22.2 Å². The molecule has 2 nitrogen and oxygen atoms in total. The van der Waals surface area contributed by atoms with Crippen molar-refractivity contribution in [3.05, 3.63) is 35.5 Å². The molecule has 0 spiro atoms. The van der Waals surface area contributed by atoms with Crippen molar-refractivity contribution in [1.82, 2.24) is 4.98 Å². The van der Waals surface area contributed by atoms with Gasteiger partial charge in [0.1, 0.15) is 0 Å². The Morgan fingerprint density at radius 3 is 2.69 bits per heavy atom.